The summed E-state index contributed by atoms with van der Waals surface area (Å²) in [6.45, 7) is 3.86. The third-order valence-electron chi connectivity index (χ3n) is 2.95. The Hall–Kier alpha value is -2.35. The molecule has 2 aromatic carbocycles. The lowest BCUT2D eigenvalue weighted by Gasteiger charge is -2.16. The van der Waals surface area contributed by atoms with Gasteiger partial charge in [0, 0.05) is 16.8 Å². The Morgan fingerprint density at radius 2 is 1.53 bits per heavy atom. The first-order valence-corrected chi connectivity index (χ1v) is 5.47. The lowest BCUT2D eigenvalue weighted by atomic mass is 10.1. The Morgan fingerprint density at radius 1 is 0.882 bits per heavy atom. The topological polar surface area (TPSA) is 20.3 Å². The molecule has 0 fully saturated rings. The van der Waals surface area contributed by atoms with Crippen molar-refractivity contribution >= 4 is 22.9 Å². The minimum Gasteiger partial charge on any atom is -0.276 e. The summed E-state index contributed by atoms with van der Waals surface area (Å²) in [5.74, 6) is -0.0441. The van der Waals surface area contributed by atoms with Gasteiger partial charge in [-0.05, 0) is 18.2 Å². The van der Waals surface area contributed by atoms with E-state index in [1.54, 1.807) is 4.90 Å². The average Bonchev–Trinajstić information content (AvgIpc) is 2.64. The van der Waals surface area contributed by atoms with Crippen molar-refractivity contribution in [3.63, 3.8) is 0 Å². The van der Waals surface area contributed by atoms with Crippen molar-refractivity contribution in [3.8, 4) is 0 Å². The number of rotatable bonds is 1. The minimum atomic E-state index is -0.0441. The van der Waals surface area contributed by atoms with Crippen LogP contribution in [0.3, 0.4) is 0 Å². The van der Waals surface area contributed by atoms with E-state index < -0.39 is 0 Å². The number of benzene rings is 2. The molecule has 0 aliphatic carbocycles. The van der Waals surface area contributed by atoms with Gasteiger partial charge in [-0.15, -0.1) is 0 Å². The highest BCUT2D eigenvalue weighted by Crippen LogP contribution is 2.40. The third kappa shape index (κ3) is 1.38. The van der Waals surface area contributed by atoms with Crippen LogP contribution >= 0.6 is 0 Å². The molecule has 1 heterocycles. The number of fused-ring (bicyclic) bond motifs is 1. The molecule has 3 rings (SSSR count). The van der Waals surface area contributed by atoms with Gasteiger partial charge in [-0.3, -0.25) is 9.69 Å². The summed E-state index contributed by atoms with van der Waals surface area (Å²) in [7, 11) is 0. The van der Waals surface area contributed by atoms with E-state index >= 15 is 0 Å². The van der Waals surface area contributed by atoms with Gasteiger partial charge in [0.2, 0.25) is 0 Å². The lowest BCUT2D eigenvalue weighted by molar-refractivity contribution is -0.112. The van der Waals surface area contributed by atoms with E-state index in [4.69, 9.17) is 0 Å². The van der Waals surface area contributed by atoms with Crippen LogP contribution in [-0.2, 0) is 4.79 Å². The molecule has 0 saturated carbocycles. The van der Waals surface area contributed by atoms with Gasteiger partial charge in [-0.1, -0.05) is 43.0 Å². The van der Waals surface area contributed by atoms with Crippen LogP contribution in [0.5, 0.6) is 0 Å². The second-order valence-electron chi connectivity index (χ2n) is 3.97. The summed E-state index contributed by atoms with van der Waals surface area (Å²) in [4.78, 5) is 13.9. The summed E-state index contributed by atoms with van der Waals surface area (Å²) >= 11 is 0. The zero-order chi connectivity index (χ0) is 11.8. The summed E-state index contributed by atoms with van der Waals surface area (Å²) in [5.41, 5.74) is 3.27. The number of nitrogens with zero attached hydrogens (tertiary/aromatic N) is 1. The van der Waals surface area contributed by atoms with E-state index in [0.717, 1.165) is 16.9 Å². The Labute approximate surface area is 99.8 Å². The molecular weight excluding hydrogens is 210 g/mol. The van der Waals surface area contributed by atoms with Gasteiger partial charge >= 0.3 is 0 Å². The normalized spacial score (nSPS) is 14.0. The monoisotopic (exact) mass is 221 g/mol. The smallest absolute Gasteiger partial charge is 0.262 e. The second-order valence-corrected chi connectivity index (χ2v) is 3.97. The largest absolute Gasteiger partial charge is 0.276 e. The predicted octanol–water partition coefficient (Wildman–Crippen LogP) is 3.38. The van der Waals surface area contributed by atoms with Crippen molar-refractivity contribution in [1.29, 1.82) is 0 Å². The van der Waals surface area contributed by atoms with Crippen LogP contribution in [-0.4, -0.2) is 5.91 Å². The predicted molar refractivity (Wildman–Crippen MR) is 69.1 cm³/mol. The highest BCUT2D eigenvalue weighted by atomic mass is 16.2. The van der Waals surface area contributed by atoms with E-state index in [9.17, 15) is 4.79 Å². The molecule has 0 unspecified atom stereocenters. The van der Waals surface area contributed by atoms with E-state index in [-0.39, 0.29) is 5.91 Å². The van der Waals surface area contributed by atoms with Gasteiger partial charge < -0.3 is 0 Å². The molecular formula is C15H11NO. The van der Waals surface area contributed by atoms with Crippen molar-refractivity contribution in [1.82, 2.24) is 0 Å². The maximum absolute atomic E-state index is 12.2. The van der Waals surface area contributed by atoms with Gasteiger partial charge in [0.25, 0.3) is 5.91 Å². The van der Waals surface area contributed by atoms with Gasteiger partial charge in [0.1, 0.15) is 0 Å². The fourth-order valence-corrected chi connectivity index (χ4v) is 2.12. The molecule has 0 spiro atoms. The minimum absolute atomic E-state index is 0.0441. The summed E-state index contributed by atoms with van der Waals surface area (Å²) in [5, 5.41) is 0. The Bertz CT molecular complexity index is 601. The summed E-state index contributed by atoms with van der Waals surface area (Å²) in [6.07, 6.45) is 0. The van der Waals surface area contributed by atoms with Crippen molar-refractivity contribution in [2.75, 3.05) is 4.90 Å². The molecule has 2 nitrogen and oxygen atoms in total. The highest BCUT2D eigenvalue weighted by molar-refractivity contribution is 6.34. The molecule has 1 aliphatic rings. The summed E-state index contributed by atoms with van der Waals surface area (Å²) in [6, 6.07) is 17.4. The number of amides is 1. The number of hydrogen-bond donors (Lipinski definition) is 0. The van der Waals surface area contributed by atoms with Crippen LogP contribution in [0, 0.1) is 0 Å². The number of hydrogen-bond acceptors (Lipinski definition) is 1. The van der Waals surface area contributed by atoms with Gasteiger partial charge in [-0.25, -0.2) is 0 Å². The maximum atomic E-state index is 12.2. The number of carbonyl (C=O) groups is 1. The van der Waals surface area contributed by atoms with E-state index in [0.29, 0.717) is 5.57 Å². The van der Waals surface area contributed by atoms with E-state index in [1.807, 2.05) is 54.6 Å². The van der Waals surface area contributed by atoms with Gasteiger partial charge in [0.15, 0.2) is 0 Å². The van der Waals surface area contributed by atoms with Crippen LogP contribution in [0.2, 0.25) is 0 Å². The first kappa shape index (κ1) is 9.85. The van der Waals surface area contributed by atoms with Crippen molar-refractivity contribution < 1.29 is 4.79 Å². The zero-order valence-corrected chi connectivity index (χ0v) is 9.26. The van der Waals surface area contributed by atoms with Crippen LogP contribution in [0.25, 0.3) is 5.57 Å². The quantitative estimate of drug-likeness (QED) is 0.676. The molecule has 1 amide bonds. The molecule has 2 aromatic rings. The number of carbonyl (C=O) groups excluding carboxylic acids is 1. The van der Waals surface area contributed by atoms with Crippen molar-refractivity contribution in [2.24, 2.45) is 0 Å². The molecule has 17 heavy (non-hydrogen) atoms. The van der Waals surface area contributed by atoms with Crippen molar-refractivity contribution in [3.05, 3.63) is 66.7 Å². The Balaban J connectivity index is 2.20. The molecule has 82 valence electrons. The SMILES string of the molecule is C=C1C(=O)N(c2ccccc2)c2ccccc21. The molecule has 0 saturated heterocycles. The molecule has 0 N–H and O–H groups in total. The first-order valence-electron chi connectivity index (χ1n) is 5.47. The highest BCUT2D eigenvalue weighted by Gasteiger charge is 2.31. The Kier molecular flexibility index (Phi) is 2.08. The van der Waals surface area contributed by atoms with Gasteiger partial charge in [-0.2, -0.15) is 0 Å². The van der Waals surface area contributed by atoms with Crippen molar-refractivity contribution in [2.45, 2.75) is 0 Å². The fraction of sp³-hybridized carbons (Fsp3) is 0. The molecule has 0 radical (unpaired) electrons. The zero-order valence-electron chi connectivity index (χ0n) is 9.26. The number of para-hydroxylation sites is 2. The number of anilines is 2. The molecule has 0 aromatic heterocycles. The molecule has 0 bridgehead atoms. The van der Waals surface area contributed by atoms with Crippen LogP contribution in [0.4, 0.5) is 11.4 Å². The van der Waals surface area contributed by atoms with Crippen LogP contribution in [0.1, 0.15) is 5.56 Å². The molecule has 2 heteroatoms. The summed E-state index contributed by atoms with van der Waals surface area (Å²) < 4.78 is 0. The maximum Gasteiger partial charge on any atom is 0.262 e. The first-order chi connectivity index (χ1) is 8.29. The van der Waals surface area contributed by atoms with Gasteiger partial charge in [0.05, 0.1) is 5.69 Å². The Morgan fingerprint density at radius 3 is 2.29 bits per heavy atom. The lowest BCUT2D eigenvalue weighted by Crippen LogP contribution is -2.19. The molecule has 0 atom stereocenters. The third-order valence-corrected chi connectivity index (χ3v) is 2.95. The standard InChI is InChI=1S/C15H11NO/c1-11-13-9-5-6-10-14(13)16(15(11)17)12-7-3-2-4-8-12/h2-10H,1H2. The van der Waals surface area contributed by atoms with Crippen LogP contribution in [0.15, 0.2) is 61.2 Å². The van der Waals surface area contributed by atoms with E-state index in [2.05, 4.69) is 6.58 Å². The molecule has 1 aliphatic heterocycles. The second kappa shape index (κ2) is 3.59. The van der Waals surface area contributed by atoms with Crippen LogP contribution < -0.4 is 4.90 Å². The van der Waals surface area contributed by atoms with E-state index in [1.165, 1.54) is 0 Å². The fourth-order valence-electron chi connectivity index (χ4n) is 2.12. The average molecular weight is 221 g/mol.